The number of halogens is 2. The van der Waals surface area contributed by atoms with E-state index in [2.05, 4.69) is 36.2 Å². The van der Waals surface area contributed by atoms with Gasteiger partial charge in [-0.15, -0.1) is 0 Å². The summed E-state index contributed by atoms with van der Waals surface area (Å²) in [7, 11) is 1.76. The number of ether oxygens (including phenoxy) is 1. The highest BCUT2D eigenvalue weighted by Gasteiger charge is 2.22. The average molecular weight is 500 g/mol. The highest BCUT2D eigenvalue weighted by atomic mass is 79.9. The van der Waals surface area contributed by atoms with Crippen molar-refractivity contribution in [3.63, 3.8) is 0 Å². The maximum atomic E-state index is 14.2. The molecule has 32 heavy (non-hydrogen) atoms. The largest absolute Gasteiger partial charge is 0.482 e. The highest BCUT2D eigenvalue weighted by molar-refractivity contribution is 9.10. The molecule has 0 aliphatic heterocycles. The normalized spacial score (nSPS) is 12.2. The number of nitrogens with two attached hydrogens (primary N) is 1. The first-order valence-corrected chi connectivity index (χ1v) is 10.9. The summed E-state index contributed by atoms with van der Waals surface area (Å²) in [4.78, 5) is 5.61. The molecule has 0 bridgehead atoms. The van der Waals surface area contributed by atoms with E-state index in [-0.39, 0.29) is 11.6 Å². The van der Waals surface area contributed by atoms with Crippen molar-refractivity contribution >= 4 is 21.7 Å². The van der Waals surface area contributed by atoms with Gasteiger partial charge in [-0.3, -0.25) is 4.68 Å². The van der Waals surface area contributed by atoms with Crippen LogP contribution in [0.2, 0.25) is 0 Å². The summed E-state index contributed by atoms with van der Waals surface area (Å²) in [6.07, 6.45) is 5.43. The standard InChI is InChI=1S/C22H23BrFN7O/c1-4-31-12-14(10-27-31)7-19-21(29-30(3)28-19)17-6-5-16(24)9-18(17)13(2)32-20-8-15(23)11-26-22(20)25/h5-6,8-13H,4,7H2,1-3H3,(H2,25,26)/t13-/m1/s1. The summed E-state index contributed by atoms with van der Waals surface area (Å²) in [5, 5.41) is 13.4. The summed E-state index contributed by atoms with van der Waals surface area (Å²) >= 11 is 3.37. The Morgan fingerprint density at radius 3 is 2.78 bits per heavy atom. The molecule has 0 unspecified atom stereocenters. The molecule has 2 N–H and O–H groups in total. The molecule has 166 valence electrons. The first-order chi connectivity index (χ1) is 15.3. The van der Waals surface area contributed by atoms with E-state index >= 15 is 0 Å². The van der Waals surface area contributed by atoms with Crippen molar-refractivity contribution in [3.05, 3.63) is 70.0 Å². The van der Waals surface area contributed by atoms with Gasteiger partial charge in [0.15, 0.2) is 11.6 Å². The number of aromatic nitrogens is 6. The summed E-state index contributed by atoms with van der Waals surface area (Å²) in [6.45, 7) is 4.65. The highest BCUT2D eigenvalue weighted by Crippen LogP contribution is 2.34. The van der Waals surface area contributed by atoms with Gasteiger partial charge in [0.25, 0.3) is 0 Å². The number of aryl methyl sites for hydroxylation is 2. The first-order valence-electron chi connectivity index (χ1n) is 10.1. The van der Waals surface area contributed by atoms with Crippen LogP contribution in [0, 0.1) is 5.82 Å². The molecular weight excluding hydrogens is 477 g/mol. The Morgan fingerprint density at radius 1 is 1.22 bits per heavy atom. The number of benzene rings is 1. The van der Waals surface area contributed by atoms with Gasteiger partial charge in [-0.2, -0.15) is 20.1 Å². The van der Waals surface area contributed by atoms with E-state index in [1.165, 1.54) is 16.9 Å². The zero-order chi connectivity index (χ0) is 22.8. The van der Waals surface area contributed by atoms with Crippen molar-refractivity contribution in [2.75, 3.05) is 5.73 Å². The van der Waals surface area contributed by atoms with Gasteiger partial charge in [-0.1, -0.05) is 0 Å². The summed E-state index contributed by atoms with van der Waals surface area (Å²) in [6, 6.07) is 6.30. The fourth-order valence-electron chi connectivity index (χ4n) is 3.50. The van der Waals surface area contributed by atoms with Crippen LogP contribution in [0.3, 0.4) is 0 Å². The second kappa shape index (κ2) is 9.07. The quantitative estimate of drug-likeness (QED) is 0.406. The Kier molecular flexibility index (Phi) is 6.22. The lowest BCUT2D eigenvalue weighted by Gasteiger charge is -2.19. The summed E-state index contributed by atoms with van der Waals surface area (Å²) in [5.74, 6) is 0.300. The zero-order valence-corrected chi connectivity index (χ0v) is 19.5. The molecule has 4 aromatic rings. The fraction of sp³-hybridized carbons (Fsp3) is 0.273. The smallest absolute Gasteiger partial charge is 0.166 e. The topological polar surface area (TPSA) is 96.7 Å². The summed E-state index contributed by atoms with van der Waals surface area (Å²) < 4.78 is 22.9. The van der Waals surface area contributed by atoms with Crippen molar-refractivity contribution in [2.24, 2.45) is 7.05 Å². The van der Waals surface area contributed by atoms with Crippen LogP contribution in [-0.2, 0) is 20.0 Å². The number of pyridine rings is 1. The van der Waals surface area contributed by atoms with E-state index in [9.17, 15) is 4.39 Å². The fourth-order valence-corrected chi connectivity index (χ4v) is 3.81. The van der Waals surface area contributed by atoms with Gasteiger partial charge in [0.1, 0.15) is 17.6 Å². The second-order valence-electron chi connectivity index (χ2n) is 7.39. The van der Waals surface area contributed by atoms with E-state index in [4.69, 9.17) is 10.5 Å². The van der Waals surface area contributed by atoms with Crippen molar-refractivity contribution in [1.82, 2.24) is 29.8 Å². The molecule has 4 rings (SSSR count). The van der Waals surface area contributed by atoms with Crippen LogP contribution in [0.4, 0.5) is 10.2 Å². The third-order valence-corrected chi connectivity index (χ3v) is 5.46. The SMILES string of the molecule is CCn1cc(Cc2nn(C)nc2-c2ccc(F)cc2[C@@H](C)Oc2cc(Br)cnc2N)cn1. The van der Waals surface area contributed by atoms with Crippen LogP contribution in [0.25, 0.3) is 11.3 Å². The van der Waals surface area contributed by atoms with Gasteiger partial charge in [-0.25, -0.2) is 9.37 Å². The van der Waals surface area contributed by atoms with Crippen LogP contribution >= 0.6 is 15.9 Å². The first kappa shape index (κ1) is 21.9. The van der Waals surface area contributed by atoms with Crippen LogP contribution in [0.1, 0.15) is 36.8 Å². The summed E-state index contributed by atoms with van der Waals surface area (Å²) in [5.41, 5.74) is 9.80. The van der Waals surface area contributed by atoms with Crippen molar-refractivity contribution in [1.29, 1.82) is 0 Å². The number of nitrogen functional groups attached to an aromatic ring is 1. The number of nitrogens with zero attached hydrogens (tertiary/aromatic N) is 6. The molecule has 0 amide bonds. The van der Waals surface area contributed by atoms with E-state index in [1.54, 1.807) is 25.4 Å². The van der Waals surface area contributed by atoms with Gasteiger partial charge in [0.05, 0.1) is 11.9 Å². The second-order valence-corrected chi connectivity index (χ2v) is 8.31. The minimum absolute atomic E-state index is 0.256. The van der Waals surface area contributed by atoms with Gasteiger partial charge in [-0.05, 0) is 59.6 Å². The van der Waals surface area contributed by atoms with E-state index < -0.39 is 6.10 Å². The number of rotatable bonds is 7. The van der Waals surface area contributed by atoms with E-state index in [0.717, 1.165) is 27.8 Å². The lowest BCUT2D eigenvalue weighted by molar-refractivity contribution is 0.227. The Labute approximate surface area is 193 Å². The Bertz CT molecular complexity index is 1250. The number of hydrogen-bond donors (Lipinski definition) is 1. The molecule has 0 saturated heterocycles. The maximum absolute atomic E-state index is 14.2. The monoisotopic (exact) mass is 499 g/mol. The lowest BCUT2D eigenvalue weighted by atomic mass is 9.97. The molecule has 10 heteroatoms. The van der Waals surface area contributed by atoms with Crippen molar-refractivity contribution < 1.29 is 9.13 Å². The molecular formula is C22H23BrFN7O. The molecule has 0 fully saturated rings. The van der Waals surface area contributed by atoms with Crippen molar-refractivity contribution in [3.8, 4) is 17.0 Å². The molecule has 3 aromatic heterocycles. The molecule has 0 aliphatic rings. The van der Waals surface area contributed by atoms with Gasteiger partial charge in [0, 0.05) is 48.0 Å². The lowest BCUT2D eigenvalue weighted by Crippen LogP contribution is -2.08. The van der Waals surface area contributed by atoms with Crippen molar-refractivity contribution in [2.45, 2.75) is 32.9 Å². The molecule has 1 atom stereocenters. The number of hydrogen-bond acceptors (Lipinski definition) is 6. The van der Waals surface area contributed by atoms with Crippen LogP contribution in [0.5, 0.6) is 5.75 Å². The minimum Gasteiger partial charge on any atom is -0.482 e. The molecule has 0 radical (unpaired) electrons. The van der Waals surface area contributed by atoms with Gasteiger partial charge >= 0.3 is 0 Å². The molecule has 1 aromatic carbocycles. The van der Waals surface area contributed by atoms with Crippen LogP contribution < -0.4 is 10.5 Å². The van der Waals surface area contributed by atoms with Gasteiger partial charge < -0.3 is 10.5 Å². The molecule has 0 spiro atoms. The number of anilines is 1. The third-order valence-electron chi connectivity index (χ3n) is 5.02. The Morgan fingerprint density at radius 2 is 2.03 bits per heavy atom. The maximum Gasteiger partial charge on any atom is 0.166 e. The molecule has 0 aliphatic carbocycles. The molecule has 0 saturated carbocycles. The zero-order valence-electron chi connectivity index (χ0n) is 18.0. The Hall–Kier alpha value is -3.27. The van der Waals surface area contributed by atoms with E-state index in [0.29, 0.717) is 23.4 Å². The predicted octanol–water partition coefficient (Wildman–Crippen LogP) is 4.31. The van der Waals surface area contributed by atoms with Crippen LogP contribution in [0.15, 0.2) is 47.3 Å². The minimum atomic E-state index is -0.517. The third kappa shape index (κ3) is 4.64. The predicted molar refractivity (Wildman–Crippen MR) is 122 cm³/mol. The van der Waals surface area contributed by atoms with Crippen LogP contribution in [-0.4, -0.2) is 29.8 Å². The van der Waals surface area contributed by atoms with Gasteiger partial charge in [0.2, 0.25) is 0 Å². The molecule has 8 nitrogen and oxygen atoms in total. The van der Waals surface area contributed by atoms with E-state index in [1.807, 2.05) is 30.9 Å². The average Bonchev–Trinajstić information content (AvgIpc) is 3.36. The molecule has 3 heterocycles. The Balaban J connectivity index is 1.71.